The van der Waals surface area contributed by atoms with Crippen LogP contribution in [-0.2, 0) is 0 Å². The molecule has 1 unspecified atom stereocenters. The van der Waals surface area contributed by atoms with E-state index in [4.69, 9.17) is 0 Å². The predicted molar refractivity (Wildman–Crippen MR) is 82.3 cm³/mol. The van der Waals surface area contributed by atoms with E-state index in [0.717, 1.165) is 30.2 Å². The van der Waals surface area contributed by atoms with E-state index in [2.05, 4.69) is 24.2 Å². The standard InChI is InChI=1S/C15H28N2S/c1-3-13(4-2)14-11-17-15(18-14)16-10-12-8-6-5-7-9-12/h12-14H,3-11H2,1-2H3,(H,16,17). The summed E-state index contributed by atoms with van der Waals surface area (Å²) >= 11 is 2.00. The van der Waals surface area contributed by atoms with Crippen LogP contribution in [0.3, 0.4) is 0 Å². The van der Waals surface area contributed by atoms with Crippen LogP contribution in [0.2, 0.25) is 0 Å². The zero-order valence-electron chi connectivity index (χ0n) is 12.0. The van der Waals surface area contributed by atoms with Crippen LogP contribution in [0.1, 0.15) is 58.8 Å². The Balaban J connectivity index is 1.68. The lowest BCUT2D eigenvalue weighted by Gasteiger charge is -2.22. The number of nitrogens with one attached hydrogen (secondary N) is 1. The Kier molecular flexibility index (Phi) is 5.87. The average Bonchev–Trinajstić information content (AvgIpc) is 2.88. The van der Waals surface area contributed by atoms with Gasteiger partial charge in [0.1, 0.15) is 0 Å². The minimum Gasteiger partial charge on any atom is -0.365 e. The highest BCUT2D eigenvalue weighted by atomic mass is 32.2. The second-order valence-corrected chi connectivity index (χ2v) is 6.99. The van der Waals surface area contributed by atoms with Crippen molar-refractivity contribution in [1.29, 1.82) is 0 Å². The number of thioether (sulfide) groups is 1. The highest BCUT2D eigenvalue weighted by Crippen LogP contribution is 2.30. The third-order valence-corrected chi connectivity index (χ3v) is 5.85. The van der Waals surface area contributed by atoms with Gasteiger partial charge < -0.3 is 5.32 Å². The van der Waals surface area contributed by atoms with Gasteiger partial charge in [-0.25, -0.2) is 0 Å². The summed E-state index contributed by atoms with van der Waals surface area (Å²) in [5.41, 5.74) is 0. The normalized spacial score (nSPS) is 25.5. The molecule has 0 radical (unpaired) electrons. The van der Waals surface area contributed by atoms with Gasteiger partial charge in [0.15, 0.2) is 5.17 Å². The molecule has 0 spiro atoms. The van der Waals surface area contributed by atoms with Crippen molar-refractivity contribution in [1.82, 2.24) is 5.32 Å². The van der Waals surface area contributed by atoms with Crippen molar-refractivity contribution in [3.63, 3.8) is 0 Å². The molecule has 1 atom stereocenters. The summed E-state index contributed by atoms with van der Waals surface area (Å²) in [5.74, 6) is 1.74. The van der Waals surface area contributed by atoms with Gasteiger partial charge in [0, 0.05) is 11.8 Å². The molecule has 0 aromatic carbocycles. The smallest absolute Gasteiger partial charge is 0.156 e. The fraction of sp³-hybridized carbons (Fsp3) is 0.933. The first kappa shape index (κ1) is 14.2. The van der Waals surface area contributed by atoms with E-state index in [1.165, 1.54) is 50.1 Å². The molecule has 104 valence electrons. The molecule has 0 saturated heterocycles. The van der Waals surface area contributed by atoms with Crippen LogP contribution in [0.15, 0.2) is 4.99 Å². The minimum absolute atomic E-state index is 0.730. The average molecular weight is 268 g/mol. The molecule has 2 aliphatic rings. The summed E-state index contributed by atoms with van der Waals surface area (Å²) in [6.07, 6.45) is 9.73. The van der Waals surface area contributed by atoms with Crippen molar-refractivity contribution >= 4 is 16.9 Å². The third-order valence-electron chi connectivity index (χ3n) is 4.52. The van der Waals surface area contributed by atoms with E-state index in [-0.39, 0.29) is 0 Å². The lowest BCUT2D eigenvalue weighted by molar-refractivity contribution is 0.357. The van der Waals surface area contributed by atoms with Crippen molar-refractivity contribution in [2.45, 2.75) is 64.0 Å². The van der Waals surface area contributed by atoms with Gasteiger partial charge in [-0.2, -0.15) is 0 Å². The molecule has 1 heterocycles. The molecule has 2 nitrogen and oxygen atoms in total. The SMILES string of the molecule is CCC(CC)C1CN=C(NCC2CCCCC2)S1. The Morgan fingerprint density at radius 1 is 1.22 bits per heavy atom. The quantitative estimate of drug-likeness (QED) is 0.813. The fourth-order valence-electron chi connectivity index (χ4n) is 3.17. The van der Waals surface area contributed by atoms with Gasteiger partial charge in [-0.15, -0.1) is 0 Å². The van der Waals surface area contributed by atoms with Crippen LogP contribution in [0, 0.1) is 11.8 Å². The van der Waals surface area contributed by atoms with Gasteiger partial charge in [0.25, 0.3) is 0 Å². The topological polar surface area (TPSA) is 24.4 Å². The Bertz CT molecular complexity index is 268. The summed E-state index contributed by atoms with van der Waals surface area (Å²) in [6, 6.07) is 0. The van der Waals surface area contributed by atoms with Crippen molar-refractivity contribution < 1.29 is 0 Å². The van der Waals surface area contributed by atoms with Gasteiger partial charge in [0.2, 0.25) is 0 Å². The zero-order valence-corrected chi connectivity index (χ0v) is 12.8. The number of hydrogen-bond donors (Lipinski definition) is 1. The molecule has 1 fully saturated rings. The molecule has 1 N–H and O–H groups in total. The number of rotatable bonds is 5. The molecule has 18 heavy (non-hydrogen) atoms. The van der Waals surface area contributed by atoms with Crippen molar-refractivity contribution in [3.8, 4) is 0 Å². The molecule has 0 aromatic rings. The number of hydrogen-bond acceptors (Lipinski definition) is 3. The summed E-state index contributed by atoms with van der Waals surface area (Å²) in [7, 11) is 0. The lowest BCUT2D eigenvalue weighted by atomic mass is 9.89. The van der Waals surface area contributed by atoms with Gasteiger partial charge in [-0.1, -0.05) is 57.7 Å². The highest BCUT2D eigenvalue weighted by Gasteiger charge is 2.26. The van der Waals surface area contributed by atoms with Gasteiger partial charge in [-0.05, 0) is 24.7 Å². The molecule has 0 aromatic heterocycles. The molecule has 1 aliphatic carbocycles. The van der Waals surface area contributed by atoms with Crippen LogP contribution >= 0.6 is 11.8 Å². The Morgan fingerprint density at radius 3 is 2.61 bits per heavy atom. The first-order chi connectivity index (χ1) is 8.83. The Labute approximate surface area is 116 Å². The number of aliphatic imine (C=N–C) groups is 1. The first-order valence-corrected chi connectivity index (χ1v) is 8.66. The minimum atomic E-state index is 0.730. The fourth-order valence-corrected chi connectivity index (χ4v) is 4.50. The number of amidine groups is 1. The summed E-state index contributed by atoms with van der Waals surface area (Å²) in [5, 5.41) is 5.55. The molecule has 3 heteroatoms. The van der Waals surface area contributed by atoms with E-state index in [9.17, 15) is 0 Å². The second-order valence-electron chi connectivity index (χ2n) is 5.76. The lowest BCUT2D eigenvalue weighted by Crippen LogP contribution is -2.28. The second kappa shape index (κ2) is 7.42. The van der Waals surface area contributed by atoms with Crippen LogP contribution in [-0.4, -0.2) is 23.5 Å². The van der Waals surface area contributed by atoms with Gasteiger partial charge >= 0.3 is 0 Å². The Hall–Kier alpha value is -0.180. The highest BCUT2D eigenvalue weighted by molar-refractivity contribution is 8.14. The maximum Gasteiger partial charge on any atom is 0.156 e. The van der Waals surface area contributed by atoms with E-state index in [1.54, 1.807) is 0 Å². The van der Waals surface area contributed by atoms with Crippen molar-refractivity contribution in [3.05, 3.63) is 0 Å². The summed E-state index contributed by atoms with van der Waals surface area (Å²) in [4.78, 5) is 4.69. The third kappa shape index (κ3) is 3.91. The predicted octanol–water partition coefficient (Wildman–Crippen LogP) is 4.06. The maximum absolute atomic E-state index is 4.69. The molecule has 1 aliphatic heterocycles. The van der Waals surface area contributed by atoms with E-state index < -0.39 is 0 Å². The molecular formula is C15H28N2S. The summed E-state index contributed by atoms with van der Waals surface area (Å²) in [6.45, 7) is 6.80. The van der Waals surface area contributed by atoms with Crippen LogP contribution in [0.5, 0.6) is 0 Å². The van der Waals surface area contributed by atoms with Crippen LogP contribution < -0.4 is 5.32 Å². The van der Waals surface area contributed by atoms with E-state index in [1.807, 2.05) is 11.8 Å². The monoisotopic (exact) mass is 268 g/mol. The molecule has 0 amide bonds. The molecular weight excluding hydrogens is 240 g/mol. The van der Waals surface area contributed by atoms with Crippen LogP contribution in [0.25, 0.3) is 0 Å². The molecule has 1 saturated carbocycles. The zero-order chi connectivity index (χ0) is 12.8. The molecule has 2 rings (SSSR count). The summed E-state index contributed by atoms with van der Waals surface area (Å²) < 4.78 is 0. The van der Waals surface area contributed by atoms with Crippen molar-refractivity contribution in [2.75, 3.05) is 13.1 Å². The number of nitrogens with zero attached hydrogens (tertiary/aromatic N) is 1. The first-order valence-electron chi connectivity index (χ1n) is 7.78. The van der Waals surface area contributed by atoms with E-state index >= 15 is 0 Å². The van der Waals surface area contributed by atoms with Crippen molar-refractivity contribution in [2.24, 2.45) is 16.8 Å². The molecule has 0 bridgehead atoms. The Morgan fingerprint density at radius 2 is 1.94 bits per heavy atom. The maximum atomic E-state index is 4.69. The van der Waals surface area contributed by atoms with E-state index in [0.29, 0.717) is 0 Å². The van der Waals surface area contributed by atoms with Gasteiger partial charge in [-0.3, -0.25) is 4.99 Å². The van der Waals surface area contributed by atoms with Crippen LogP contribution in [0.4, 0.5) is 0 Å². The van der Waals surface area contributed by atoms with Gasteiger partial charge in [0.05, 0.1) is 6.54 Å². The largest absolute Gasteiger partial charge is 0.365 e.